The van der Waals surface area contributed by atoms with Gasteiger partial charge in [0.2, 0.25) is 0 Å². The molecule has 0 saturated carbocycles. The molecule has 0 atom stereocenters. The van der Waals surface area contributed by atoms with Crippen LogP contribution in [-0.4, -0.2) is 41.7 Å². The molecule has 0 unspecified atom stereocenters. The van der Waals surface area contributed by atoms with Crippen LogP contribution in [0.1, 0.15) is 11.3 Å². The van der Waals surface area contributed by atoms with Gasteiger partial charge in [0, 0.05) is 49.6 Å². The number of methoxy groups -OCH3 is 1. The normalized spacial score (nSPS) is 11.0. The van der Waals surface area contributed by atoms with E-state index in [9.17, 15) is 5.11 Å². The number of aromatic hydroxyl groups is 1. The molecule has 2 N–H and O–H groups in total. The largest absolute Gasteiger partial charge is 0.508 e. The van der Waals surface area contributed by atoms with Gasteiger partial charge in [-0.15, -0.1) is 24.0 Å². The van der Waals surface area contributed by atoms with E-state index in [2.05, 4.69) is 36.9 Å². The molecule has 0 bridgehead atoms. The predicted octanol–water partition coefficient (Wildman–Crippen LogP) is 3.33. The van der Waals surface area contributed by atoms with Crippen LogP contribution in [0.25, 0.3) is 0 Å². The maximum absolute atomic E-state index is 9.97. The van der Waals surface area contributed by atoms with Gasteiger partial charge in [-0.2, -0.15) is 0 Å². The zero-order chi connectivity index (χ0) is 17.7. The second-order valence-corrected chi connectivity index (χ2v) is 6.43. The van der Waals surface area contributed by atoms with Gasteiger partial charge in [-0.05, 0) is 40.2 Å². The van der Waals surface area contributed by atoms with Crippen molar-refractivity contribution in [1.82, 2.24) is 14.8 Å². The van der Waals surface area contributed by atoms with Crippen LogP contribution >= 0.6 is 39.9 Å². The Morgan fingerprint density at radius 1 is 1.40 bits per heavy atom. The van der Waals surface area contributed by atoms with Crippen molar-refractivity contribution in [3.63, 3.8) is 0 Å². The number of benzene rings is 1. The Morgan fingerprint density at radius 3 is 2.68 bits per heavy atom. The lowest BCUT2D eigenvalue weighted by molar-refractivity contribution is 0.410. The van der Waals surface area contributed by atoms with E-state index >= 15 is 0 Å². The molecule has 2 rings (SSSR count). The van der Waals surface area contributed by atoms with Gasteiger partial charge in [-0.25, -0.2) is 0 Å². The monoisotopic (exact) mass is 522 g/mol. The van der Waals surface area contributed by atoms with Crippen LogP contribution in [0.15, 0.2) is 39.9 Å². The van der Waals surface area contributed by atoms with Crippen LogP contribution in [0.5, 0.6) is 11.5 Å². The summed E-state index contributed by atoms with van der Waals surface area (Å²) < 4.78 is 8.32. The van der Waals surface area contributed by atoms with E-state index in [0.29, 0.717) is 18.8 Å². The first-order valence-corrected chi connectivity index (χ1v) is 8.32. The number of nitrogens with one attached hydrogen (secondary N) is 1. The van der Waals surface area contributed by atoms with Crippen molar-refractivity contribution in [2.24, 2.45) is 12.0 Å². The minimum atomic E-state index is 0. The van der Waals surface area contributed by atoms with E-state index in [1.54, 1.807) is 26.3 Å². The second-order valence-electron chi connectivity index (χ2n) is 5.51. The molecule has 6 nitrogen and oxygen atoms in total. The molecule has 0 saturated heterocycles. The topological polar surface area (TPSA) is 62.0 Å². The Kier molecular flexibility index (Phi) is 8.57. The quantitative estimate of drug-likeness (QED) is 0.359. The summed E-state index contributed by atoms with van der Waals surface area (Å²) in [6.07, 6.45) is 2.02. The highest BCUT2D eigenvalue weighted by atomic mass is 127. The molecule has 1 aromatic heterocycles. The summed E-state index contributed by atoms with van der Waals surface area (Å²) in [6.45, 7) is 1.17. The Bertz CT molecular complexity index is 733. The number of rotatable bonds is 5. The van der Waals surface area contributed by atoms with Gasteiger partial charge in [0.15, 0.2) is 5.96 Å². The fraction of sp³-hybridized carbons (Fsp3) is 0.353. The van der Waals surface area contributed by atoms with Crippen LogP contribution in [0, 0.1) is 0 Å². The number of hydrogen-bond donors (Lipinski definition) is 2. The number of aryl methyl sites for hydroxylation is 1. The van der Waals surface area contributed by atoms with E-state index in [1.807, 2.05) is 31.3 Å². The lowest BCUT2D eigenvalue weighted by atomic mass is 10.2. The SMILES string of the molecule is CN=C(NCc1cc(OC)ccc1O)N(C)Cc1cc(Br)cn1C.I. The van der Waals surface area contributed by atoms with Crippen molar-refractivity contribution in [2.75, 3.05) is 21.2 Å². The minimum absolute atomic E-state index is 0. The van der Waals surface area contributed by atoms with Crippen LogP contribution in [0.4, 0.5) is 0 Å². The maximum atomic E-state index is 9.97. The third kappa shape index (κ3) is 5.81. The highest BCUT2D eigenvalue weighted by Crippen LogP contribution is 2.22. The highest BCUT2D eigenvalue weighted by Gasteiger charge is 2.11. The smallest absolute Gasteiger partial charge is 0.194 e. The van der Waals surface area contributed by atoms with Gasteiger partial charge in [-0.3, -0.25) is 4.99 Å². The first kappa shape index (κ1) is 21.6. The van der Waals surface area contributed by atoms with Gasteiger partial charge >= 0.3 is 0 Å². The molecular weight excluding hydrogens is 499 g/mol. The van der Waals surface area contributed by atoms with E-state index < -0.39 is 0 Å². The molecule has 0 fully saturated rings. The summed E-state index contributed by atoms with van der Waals surface area (Å²) in [6, 6.07) is 7.25. The van der Waals surface area contributed by atoms with Gasteiger partial charge in [0.25, 0.3) is 0 Å². The van der Waals surface area contributed by atoms with Crippen LogP contribution < -0.4 is 10.1 Å². The molecule has 0 aliphatic rings. The average molecular weight is 523 g/mol. The fourth-order valence-electron chi connectivity index (χ4n) is 2.43. The van der Waals surface area contributed by atoms with Crippen LogP contribution in [0.3, 0.4) is 0 Å². The molecule has 25 heavy (non-hydrogen) atoms. The van der Waals surface area contributed by atoms with E-state index in [0.717, 1.165) is 21.7 Å². The Hall–Kier alpha value is -1.42. The Labute approximate surface area is 174 Å². The van der Waals surface area contributed by atoms with Crippen molar-refractivity contribution in [3.8, 4) is 11.5 Å². The zero-order valence-corrected chi connectivity index (χ0v) is 18.7. The number of aromatic nitrogens is 1. The third-order valence-electron chi connectivity index (χ3n) is 3.77. The van der Waals surface area contributed by atoms with Gasteiger partial charge in [-0.1, -0.05) is 0 Å². The standard InChI is InChI=1S/C17H23BrN4O2.HI/c1-19-17(22(3)11-14-8-13(18)10-21(14)2)20-9-12-7-15(24-4)5-6-16(12)23;/h5-8,10,23H,9,11H2,1-4H3,(H,19,20);1H. The molecule has 0 amide bonds. The van der Waals surface area contributed by atoms with Gasteiger partial charge < -0.3 is 24.6 Å². The molecular formula is C17H24BrIN4O2. The minimum Gasteiger partial charge on any atom is -0.508 e. The lowest BCUT2D eigenvalue weighted by Gasteiger charge is -2.22. The zero-order valence-electron chi connectivity index (χ0n) is 14.8. The predicted molar refractivity (Wildman–Crippen MR) is 115 cm³/mol. The van der Waals surface area contributed by atoms with Crippen molar-refractivity contribution < 1.29 is 9.84 Å². The molecule has 1 aromatic carbocycles. The van der Waals surface area contributed by atoms with Crippen molar-refractivity contribution >= 4 is 45.9 Å². The molecule has 8 heteroatoms. The van der Waals surface area contributed by atoms with Crippen molar-refractivity contribution in [1.29, 1.82) is 0 Å². The molecule has 0 aliphatic heterocycles. The third-order valence-corrected chi connectivity index (χ3v) is 4.20. The van der Waals surface area contributed by atoms with Gasteiger partial charge in [0.05, 0.1) is 13.7 Å². The number of phenols is 1. The first-order valence-electron chi connectivity index (χ1n) is 7.53. The van der Waals surface area contributed by atoms with E-state index in [4.69, 9.17) is 4.74 Å². The Morgan fingerprint density at radius 2 is 2.12 bits per heavy atom. The molecule has 138 valence electrons. The molecule has 0 aliphatic carbocycles. The fourth-order valence-corrected chi connectivity index (χ4v) is 3.00. The molecule has 0 spiro atoms. The number of phenolic OH excluding ortho intramolecular Hbond substituents is 1. The number of ether oxygens (including phenoxy) is 1. The van der Waals surface area contributed by atoms with Crippen LogP contribution in [-0.2, 0) is 20.1 Å². The summed E-state index contributed by atoms with van der Waals surface area (Å²) in [7, 11) is 7.33. The average Bonchev–Trinajstić information content (AvgIpc) is 2.87. The summed E-state index contributed by atoms with van der Waals surface area (Å²) in [4.78, 5) is 6.33. The van der Waals surface area contributed by atoms with E-state index in [-0.39, 0.29) is 29.7 Å². The molecule has 2 aromatic rings. The summed E-state index contributed by atoms with van der Waals surface area (Å²) >= 11 is 3.48. The highest BCUT2D eigenvalue weighted by molar-refractivity contribution is 14.0. The van der Waals surface area contributed by atoms with E-state index in [1.165, 1.54) is 0 Å². The van der Waals surface area contributed by atoms with Gasteiger partial charge in [0.1, 0.15) is 11.5 Å². The first-order chi connectivity index (χ1) is 11.4. The summed E-state index contributed by atoms with van der Waals surface area (Å²) in [5.41, 5.74) is 1.92. The molecule has 0 radical (unpaired) electrons. The lowest BCUT2D eigenvalue weighted by Crippen LogP contribution is -2.38. The van der Waals surface area contributed by atoms with Crippen molar-refractivity contribution in [2.45, 2.75) is 13.1 Å². The van der Waals surface area contributed by atoms with Crippen molar-refractivity contribution in [3.05, 3.63) is 46.2 Å². The number of nitrogens with zero attached hydrogens (tertiary/aromatic N) is 3. The number of halogens is 2. The number of hydrogen-bond acceptors (Lipinski definition) is 3. The van der Waals surface area contributed by atoms with Crippen LogP contribution in [0.2, 0.25) is 0 Å². The number of aliphatic imine (C=N–C) groups is 1. The number of guanidine groups is 1. The summed E-state index contributed by atoms with van der Waals surface area (Å²) in [5.74, 6) is 1.68. The maximum Gasteiger partial charge on any atom is 0.194 e. The Balaban J connectivity index is 0.00000312. The molecule has 1 heterocycles. The summed E-state index contributed by atoms with van der Waals surface area (Å²) in [5, 5.41) is 13.2. The second kappa shape index (κ2) is 9.91.